The fourth-order valence-corrected chi connectivity index (χ4v) is 7.38. The molecule has 302 valence electrons. The van der Waals surface area contributed by atoms with Gasteiger partial charge in [-0.25, -0.2) is 4.98 Å². The van der Waals surface area contributed by atoms with E-state index in [0.29, 0.717) is 58.2 Å². The quantitative estimate of drug-likeness (QED) is 0.166. The topological polar surface area (TPSA) is 48.5 Å². The van der Waals surface area contributed by atoms with Gasteiger partial charge in [0.2, 0.25) is 5.95 Å². The van der Waals surface area contributed by atoms with Crippen molar-refractivity contribution in [2.75, 3.05) is 0 Å². The van der Waals surface area contributed by atoms with E-state index in [1.165, 1.54) is 0 Å². The lowest BCUT2D eigenvalue weighted by Crippen LogP contribution is -2.13. The van der Waals surface area contributed by atoms with Gasteiger partial charge in [0, 0.05) is 32.7 Å². The zero-order valence-corrected chi connectivity index (χ0v) is 29.9. The van der Waals surface area contributed by atoms with E-state index in [0.717, 1.165) is 28.8 Å². The number of halogens is 12. The zero-order valence-electron chi connectivity index (χ0n) is 29.9. The molecule has 17 heteroatoms. The van der Waals surface area contributed by atoms with Gasteiger partial charge in [0.1, 0.15) is 0 Å². The number of fused-ring (bicyclic) bond motifs is 6. The van der Waals surface area contributed by atoms with Crippen molar-refractivity contribution >= 4 is 43.6 Å². The molecule has 0 spiro atoms. The summed E-state index contributed by atoms with van der Waals surface area (Å²) in [5.41, 5.74) is -7.05. The van der Waals surface area contributed by atoms with Crippen molar-refractivity contribution in [2.24, 2.45) is 0 Å². The first-order valence-electron chi connectivity index (χ1n) is 17.6. The second kappa shape index (κ2) is 13.3. The van der Waals surface area contributed by atoms with Crippen molar-refractivity contribution in [1.82, 2.24) is 24.1 Å². The number of rotatable bonds is 4. The maximum Gasteiger partial charge on any atom is 0.418 e. The van der Waals surface area contributed by atoms with Crippen molar-refractivity contribution in [3.05, 3.63) is 150 Å². The lowest BCUT2D eigenvalue weighted by Gasteiger charge is -2.18. The highest BCUT2D eigenvalue weighted by molar-refractivity contribution is 6.13. The minimum absolute atomic E-state index is 0.0142. The summed E-state index contributed by atoms with van der Waals surface area (Å²) in [7, 11) is 0. The summed E-state index contributed by atoms with van der Waals surface area (Å²) in [4.78, 5) is 13.6. The Hall–Kier alpha value is -6.91. The largest absolute Gasteiger partial charge is 0.418 e. The molecule has 60 heavy (non-hydrogen) atoms. The zero-order chi connectivity index (χ0) is 42.5. The Morgan fingerprint density at radius 2 is 0.733 bits per heavy atom. The molecule has 0 saturated carbocycles. The predicted octanol–water partition coefficient (Wildman–Crippen LogP) is 13.5. The van der Waals surface area contributed by atoms with Gasteiger partial charge >= 0.3 is 24.7 Å². The monoisotopic (exact) mass is 835 g/mol. The molecule has 0 N–H and O–H groups in total. The molecule has 0 atom stereocenters. The van der Waals surface area contributed by atoms with Crippen molar-refractivity contribution < 1.29 is 52.7 Å². The molecule has 6 aromatic carbocycles. The van der Waals surface area contributed by atoms with E-state index in [1.54, 1.807) is 60.7 Å². The Labute approximate surface area is 328 Å². The fraction of sp³-hybridized carbons (Fsp3) is 0.0930. The van der Waals surface area contributed by atoms with Gasteiger partial charge in [0.05, 0.1) is 50.0 Å². The van der Waals surface area contributed by atoms with E-state index in [4.69, 9.17) is 0 Å². The molecular formula is C43H21F12N5. The van der Waals surface area contributed by atoms with Crippen molar-refractivity contribution in [3.63, 3.8) is 0 Å². The minimum atomic E-state index is -5.35. The van der Waals surface area contributed by atoms with Crippen LogP contribution in [0.3, 0.4) is 0 Å². The number of hydrogen-bond donors (Lipinski definition) is 0. The lowest BCUT2D eigenvalue weighted by molar-refractivity contribution is -0.138. The van der Waals surface area contributed by atoms with Gasteiger partial charge < -0.3 is 4.57 Å². The maximum absolute atomic E-state index is 15.5. The highest BCUT2D eigenvalue weighted by atomic mass is 19.4. The third-order valence-electron chi connectivity index (χ3n) is 10.1. The van der Waals surface area contributed by atoms with Crippen LogP contribution in [0.5, 0.6) is 0 Å². The number of nitrogens with zero attached hydrogens (tertiary/aromatic N) is 5. The summed E-state index contributed by atoms with van der Waals surface area (Å²) < 4.78 is 176. The summed E-state index contributed by atoms with van der Waals surface area (Å²) in [6.07, 6.45) is -20.3. The standard InChI is InChI=1S/C43H21F12N5/c44-40(45,46)24-11-14-27-28-15-12-25(41(47,48)49)18-33(28)59(32(27)17-24)36-20-30-29-16-13-26(42(50,51)52)19-34(29)60(35(30)21-31(36)43(53,54)55)39-57-37(22-7-3-1-4-8-22)56-38(58-39)23-9-5-2-6-10-23/h1-21H. The predicted molar refractivity (Wildman–Crippen MR) is 199 cm³/mol. The van der Waals surface area contributed by atoms with Gasteiger partial charge in [-0.3, -0.25) is 4.57 Å². The third kappa shape index (κ3) is 6.53. The minimum Gasteiger partial charge on any atom is -0.309 e. The second-order valence-corrected chi connectivity index (χ2v) is 13.8. The molecule has 3 aromatic heterocycles. The number of hydrogen-bond acceptors (Lipinski definition) is 3. The van der Waals surface area contributed by atoms with E-state index < -0.39 is 63.7 Å². The summed E-state index contributed by atoms with van der Waals surface area (Å²) in [6, 6.07) is 24.8. The van der Waals surface area contributed by atoms with E-state index in [1.807, 2.05) is 0 Å². The van der Waals surface area contributed by atoms with Gasteiger partial charge in [-0.15, -0.1) is 0 Å². The van der Waals surface area contributed by atoms with Crippen LogP contribution in [-0.2, 0) is 24.7 Å². The van der Waals surface area contributed by atoms with Gasteiger partial charge in [0.25, 0.3) is 0 Å². The number of benzene rings is 6. The fourth-order valence-electron chi connectivity index (χ4n) is 7.38. The van der Waals surface area contributed by atoms with Crippen molar-refractivity contribution in [3.8, 4) is 34.4 Å². The Balaban J connectivity index is 1.44. The molecule has 0 aliphatic rings. The van der Waals surface area contributed by atoms with Crippen molar-refractivity contribution in [2.45, 2.75) is 24.7 Å². The lowest BCUT2D eigenvalue weighted by atomic mass is 10.1. The molecule has 9 rings (SSSR count). The maximum atomic E-state index is 15.5. The van der Waals surface area contributed by atoms with Crippen LogP contribution in [0, 0.1) is 0 Å². The van der Waals surface area contributed by atoms with E-state index in [9.17, 15) is 39.5 Å². The first-order valence-corrected chi connectivity index (χ1v) is 17.6. The molecule has 0 radical (unpaired) electrons. The van der Waals surface area contributed by atoms with E-state index in [2.05, 4.69) is 15.0 Å². The average Bonchev–Trinajstić information content (AvgIpc) is 3.70. The summed E-state index contributed by atoms with van der Waals surface area (Å²) in [5.74, 6) is -0.356. The van der Waals surface area contributed by atoms with Crippen LogP contribution in [0.25, 0.3) is 78.0 Å². The van der Waals surface area contributed by atoms with E-state index >= 15 is 13.2 Å². The number of alkyl halides is 12. The summed E-state index contributed by atoms with van der Waals surface area (Å²) >= 11 is 0. The second-order valence-electron chi connectivity index (χ2n) is 13.8. The van der Waals surface area contributed by atoms with Crippen LogP contribution < -0.4 is 0 Å². The van der Waals surface area contributed by atoms with Crippen LogP contribution in [0.2, 0.25) is 0 Å². The molecule has 0 unspecified atom stereocenters. The van der Waals surface area contributed by atoms with Gasteiger partial charge in [-0.2, -0.15) is 62.7 Å². The van der Waals surface area contributed by atoms with Gasteiger partial charge in [0.15, 0.2) is 11.6 Å². The Morgan fingerprint density at radius 1 is 0.350 bits per heavy atom. The van der Waals surface area contributed by atoms with E-state index in [-0.39, 0.29) is 50.2 Å². The summed E-state index contributed by atoms with van der Waals surface area (Å²) in [5, 5.41) is -0.407. The Kier molecular flexibility index (Phi) is 8.56. The van der Waals surface area contributed by atoms with Crippen LogP contribution in [0.15, 0.2) is 127 Å². The molecule has 0 saturated heterocycles. The molecule has 0 bridgehead atoms. The van der Waals surface area contributed by atoms with Crippen LogP contribution in [0.4, 0.5) is 52.7 Å². The highest BCUT2D eigenvalue weighted by Gasteiger charge is 2.39. The highest BCUT2D eigenvalue weighted by Crippen LogP contribution is 2.46. The average molecular weight is 836 g/mol. The molecule has 0 aliphatic heterocycles. The molecular weight excluding hydrogens is 814 g/mol. The SMILES string of the molecule is FC(F)(F)c1ccc2c3cc(-n4c5cc(C(F)(F)F)ccc5c5ccc(C(F)(F)F)cc54)c(C(F)(F)F)cc3n(-c3nc(-c4ccccc4)nc(-c4ccccc4)n3)c2c1. The molecule has 0 amide bonds. The molecule has 0 aliphatic carbocycles. The molecule has 3 heterocycles. The first-order chi connectivity index (χ1) is 28.3. The molecule has 0 fully saturated rings. The Morgan fingerprint density at radius 3 is 1.13 bits per heavy atom. The first kappa shape index (κ1) is 38.6. The van der Waals surface area contributed by atoms with Crippen LogP contribution in [-0.4, -0.2) is 24.1 Å². The van der Waals surface area contributed by atoms with Crippen LogP contribution in [0.1, 0.15) is 22.3 Å². The number of aromatic nitrogens is 5. The van der Waals surface area contributed by atoms with Gasteiger partial charge in [-0.1, -0.05) is 78.9 Å². The Bertz CT molecular complexity index is 3010. The molecule has 5 nitrogen and oxygen atoms in total. The molecule has 9 aromatic rings. The smallest absolute Gasteiger partial charge is 0.309 e. The normalized spacial score (nSPS) is 13.0. The third-order valence-corrected chi connectivity index (χ3v) is 10.1. The van der Waals surface area contributed by atoms with Crippen LogP contribution >= 0.6 is 0 Å². The van der Waals surface area contributed by atoms with Gasteiger partial charge in [-0.05, 0) is 48.5 Å². The summed E-state index contributed by atoms with van der Waals surface area (Å²) in [6.45, 7) is 0. The van der Waals surface area contributed by atoms with Crippen molar-refractivity contribution in [1.29, 1.82) is 0 Å².